The van der Waals surface area contributed by atoms with E-state index in [9.17, 15) is 4.79 Å². The van der Waals surface area contributed by atoms with E-state index in [-0.39, 0.29) is 19.1 Å². The summed E-state index contributed by atoms with van der Waals surface area (Å²) in [6.45, 7) is 0.268. The third-order valence-corrected chi connectivity index (χ3v) is 3.00. The van der Waals surface area contributed by atoms with Crippen molar-refractivity contribution in [2.45, 2.75) is 6.42 Å². The maximum atomic E-state index is 12.0. The Morgan fingerprint density at radius 3 is 2.88 bits per heavy atom. The molecule has 0 bridgehead atoms. The molecule has 0 aliphatic heterocycles. The first kappa shape index (κ1) is 13.7. The molecule has 1 amide bonds. The fraction of sp³-hybridized carbons (Fsp3) is 0.417. The van der Waals surface area contributed by atoms with E-state index in [2.05, 4.69) is 11.8 Å². The van der Waals surface area contributed by atoms with E-state index >= 15 is 0 Å². The van der Waals surface area contributed by atoms with E-state index in [0.29, 0.717) is 23.4 Å². The summed E-state index contributed by atoms with van der Waals surface area (Å²) in [5.41, 5.74) is 0.679. The zero-order valence-corrected chi connectivity index (χ0v) is 10.5. The molecule has 0 aliphatic rings. The lowest BCUT2D eigenvalue weighted by Gasteiger charge is -2.14. The van der Waals surface area contributed by atoms with E-state index in [1.54, 1.807) is 13.1 Å². The van der Waals surface area contributed by atoms with Crippen molar-refractivity contribution in [3.05, 3.63) is 21.9 Å². The summed E-state index contributed by atoms with van der Waals surface area (Å²) in [6.07, 6.45) is 0.399. The molecule has 0 fully saturated rings. The van der Waals surface area contributed by atoms with Crippen LogP contribution in [0, 0.1) is 11.8 Å². The Balaban J connectivity index is 2.82. The van der Waals surface area contributed by atoms with Crippen LogP contribution in [0.25, 0.3) is 0 Å². The maximum Gasteiger partial charge on any atom is 0.265 e. The van der Waals surface area contributed by atoms with Gasteiger partial charge in [-0.05, 0) is 11.4 Å². The summed E-state index contributed by atoms with van der Waals surface area (Å²) >= 11 is 1.33. The highest BCUT2D eigenvalue weighted by atomic mass is 32.1. The second-order valence-electron chi connectivity index (χ2n) is 3.39. The number of nitrogens with zero attached hydrogens (tertiary/aromatic N) is 1. The van der Waals surface area contributed by atoms with Crippen LogP contribution in [-0.4, -0.2) is 47.8 Å². The van der Waals surface area contributed by atoms with Crippen LogP contribution < -0.4 is 0 Å². The molecule has 0 aliphatic carbocycles. The predicted molar refractivity (Wildman–Crippen MR) is 66.9 cm³/mol. The minimum atomic E-state index is -0.137. The highest BCUT2D eigenvalue weighted by molar-refractivity contribution is 7.12. The van der Waals surface area contributed by atoms with Crippen LogP contribution in [-0.2, 0) is 0 Å². The lowest BCUT2D eigenvalue weighted by atomic mass is 10.2. The molecular weight excluding hydrogens is 238 g/mol. The number of thiophene rings is 1. The van der Waals surface area contributed by atoms with Gasteiger partial charge in [-0.2, -0.15) is 0 Å². The van der Waals surface area contributed by atoms with E-state index in [4.69, 9.17) is 10.2 Å². The molecule has 92 valence electrons. The van der Waals surface area contributed by atoms with Gasteiger partial charge < -0.3 is 15.1 Å². The second kappa shape index (κ2) is 7.07. The normalized spacial score (nSPS) is 9.59. The molecule has 0 saturated heterocycles. The first-order valence-corrected chi connectivity index (χ1v) is 6.12. The molecule has 0 radical (unpaired) electrons. The van der Waals surface area contributed by atoms with Gasteiger partial charge in [0.2, 0.25) is 0 Å². The third kappa shape index (κ3) is 3.86. The van der Waals surface area contributed by atoms with Crippen molar-refractivity contribution in [2.24, 2.45) is 0 Å². The van der Waals surface area contributed by atoms with Gasteiger partial charge in [0.05, 0.1) is 13.2 Å². The summed E-state index contributed by atoms with van der Waals surface area (Å²) in [7, 11) is 1.64. The third-order valence-electron chi connectivity index (χ3n) is 2.10. The molecule has 1 rings (SSSR count). The van der Waals surface area contributed by atoms with Crippen molar-refractivity contribution < 1.29 is 15.0 Å². The summed E-state index contributed by atoms with van der Waals surface area (Å²) < 4.78 is 0. The number of likely N-dealkylation sites (N-methyl/N-ethyl adjacent to an activating group) is 1. The first-order valence-electron chi connectivity index (χ1n) is 5.24. The Morgan fingerprint density at radius 2 is 2.24 bits per heavy atom. The molecule has 0 atom stereocenters. The minimum Gasteiger partial charge on any atom is -0.395 e. The summed E-state index contributed by atoms with van der Waals surface area (Å²) in [5, 5.41) is 19.2. The first-order chi connectivity index (χ1) is 8.20. The smallest absolute Gasteiger partial charge is 0.265 e. The summed E-state index contributed by atoms with van der Waals surface area (Å²) in [4.78, 5) is 14.0. The van der Waals surface area contributed by atoms with Crippen LogP contribution in [0.1, 0.15) is 21.7 Å². The van der Waals surface area contributed by atoms with Crippen molar-refractivity contribution in [3.63, 3.8) is 0 Å². The maximum absolute atomic E-state index is 12.0. The second-order valence-corrected chi connectivity index (χ2v) is 4.31. The molecule has 0 saturated carbocycles. The van der Waals surface area contributed by atoms with Crippen LogP contribution in [0.3, 0.4) is 0 Å². The number of hydrogen-bond donors (Lipinski definition) is 2. The highest BCUT2D eigenvalue weighted by Gasteiger charge is 2.15. The van der Waals surface area contributed by atoms with Crippen LogP contribution in [0.4, 0.5) is 0 Å². The standard InChI is InChI=1S/C12H15NO3S/c1-13(6-8-15)12(16)11-10(5-9-17-11)4-2-3-7-14/h5,9,14-15H,3,6-8H2,1H3. The fourth-order valence-electron chi connectivity index (χ4n) is 1.21. The number of rotatable bonds is 4. The molecular formula is C12H15NO3S. The monoisotopic (exact) mass is 253 g/mol. The average Bonchev–Trinajstić information content (AvgIpc) is 2.77. The van der Waals surface area contributed by atoms with E-state index < -0.39 is 0 Å². The van der Waals surface area contributed by atoms with Crippen molar-refractivity contribution in [1.29, 1.82) is 0 Å². The summed E-state index contributed by atoms with van der Waals surface area (Å²) in [6, 6.07) is 1.79. The molecule has 0 aromatic carbocycles. The molecule has 1 heterocycles. The summed E-state index contributed by atoms with van der Waals surface area (Å²) in [5.74, 6) is 5.52. The number of carbonyl (C=O) groups is 1. The molecule has 0 spiro atoms. The van der Waals surface area contributed by atoms with Gasteiger partial charge in [0.25, 0.3) is 5.91 Å². The Hall–Kier alpha value is -1.35. The van der Waals surface area contributed by atoms with Gasteiger partial charge in [-0.15, -0.1) is 11.3 Å². The number of hydrogen-bond acceptors (Lipinski definition) is 4. The van der Waals surface area contributed by atoms with Gasteiger partial charge >= 0.3 is 0 Å². The topological polar surface area (TPSA) is 60.8 Å². The zero-order chi connectivity index (χ0) is 12.7. The molecule has 17 heavy (non-hydrogen) atoms. The van der Waals surface area contributed by atoms with Crippen molar-refractivity contribution in [1.82, 2.24) is 4.90 Å². The Morgan fingerprint density at radius 1 is 1.47 bits per heavy atom. The van der Waals surface area contributed by atoms with Crippen LogP contribution in [0.2, 0.25) is 0 Å². The molecule has 0 unspecified atom stereocenters. The van der Waals surface area contributed by atoms with Gasteiger partial charge in [-0.1, -0.05) is 11.8 Å². The van der Waals surface area contributed by atoms with Gasteiger partial charge in [0.15, 0.2) is 0 Å². The number of amides is 1. The number of aliphatic hydroxyl groups excluding tert-OH is 2. The Bertz CT molecular complexity index is 430. The predicted octanol–water partition coefficient (Wildman–Crippen LogP) is 0.546. The van der Waals surface area contributed by atoms with E-state index in [1.807, 2.05) is 5.38 Å². The lowest BCUT2D eigenvalue weighted by Crippen LogP contribution is -2.29. The van der Waals surface area contributed by atoms with Crippen LogP contribution in [0.5, 0.6) is 0 Å². The SMILES string of the molecule is CN(CCO)C(=O)c1sccc1C#CCCO. The van der Waals surface area contributed by atoms with Crippen LogP contribution in [0.15, 0.2) is 11.4 Å². The zero-order valence-electron chi connectivity index (χ0n) is 9.64. The minimum absolute atomic E-state index is 0.0187. The largest absolute Gasteiger partial charge is 0.395 e. The highest BCUT2D eigenvalue weighted by Crippen LogP contribution is 2.17. The lowest BCUT2D eigenvalue weighted by molar-refractivity contribution is 0.0771. The number of carbonyl (C=O) groups excluding carboxylic acids is 1. The van der Waals surface area contributed by atoms with Gasteiger partial charge in [-0.25, -0.2) is 0 Å². The molecule has 2 N–H and O–H groups in total. The Labute approximate surface area is 105 Å². The Kier molecular flexibility index (Phi) is 5.70. The fourth-order valence-corrected chi connectivity index (χ4v) is 2.05. The molecule has 1 aromatic heterocycles. The van der Waals surface area contributed by atoms with Crippen molar-refractivity contribution in [2.75, 3.05) is 26.8 Å². The van der Waals surface area contributed by atoms with Crippen LogP contribution >= 0.6 is 11.3 Å². The average molecular weight is 253 g/mol. The van der Waals surface area contributed by atoms with Gasteiger partial charge in [0.1, 0.15) is 4.88 Å². The molecule has 1 aromatic rings. The quantitative estimate of drug-likeness (QED) is 0.770. The van der Waals surface area contributed by atoms with E-state index in [1.165, 1.54) is 16.2 Å². The number of aliphatic hydroxyl groups is 2. The molecule has 4 nitrogen and oxygen atoms in total. The molecule has 5 heteroatoms. The van der Waals surface area contributed by atoms with Crippen molar-refractivity contribution in [3.8, 4) is 11.8 Å². The van der Waals surface area contributed by atoms with Gasteiger partial charge in [-0.3, -0.25) is 4.79 Å². The van der Waals surface area contributed by atoms with Crippen molar-refractivity contribution >= 4 is 17.2 Å². The van der Waals surface area contributed by atoms with Gasteiger partial charge in [0, 0.05) is 25.6 Å². The van der Waals surface area contributed by atoms with E-state index in [0.717, 1.165) is 0 Å².